The molecule has 100 valence electrons. The summed E-state index contributed by atoms with van der Waals surface area (Å²) in [5.74, 6) is -2.09. The third-order valence-electron chi connectivity index (χ3n) is 3.30. The molecule has 1 unspecified atom stereocenters. The fraction of sp³-hybridized carbons (Fsp3) is 0.583. The van der Waals surface area contributed by atoms with Crippen LogP contribution in [0.15, 0.2) is 11.1 Å². The minimum Gasteiger partial charge on any atom is -0.478 e. The number of primary amides is 1. The lowest BCUT2D eigenvalue weighted by Gasteiger charge is -2.34. The van der Waals surface area contributed by atoms with Crippen LogP contribution >= 0.6 is 0 Å². The molecule has 1 aliphatic rings. The molecule has 0 aromatic heterocycles. The van der Waals surface area contributed by atoms with Gasteiger partial charge in [0, 0.05) is 17.7 Å². The second-order valence-corrected chi connectivity index (χ2v) is 4.47. The van der Waals surface area contributed by atoms with Crippen molar-refractivity contribution < 1.29 is 19.5 Å². The monoisotopic (exact) mass is 254 g/mol. The van der Waals surface area contributed by atoms with Crippen LogP contribution in [0.2, 0.25) is 0 Å². The molecule has 0 saturated carbocycles. The van der Waals surface area contributed by atoms with Gasteiger partial charge in [-0.3, -0.25) is 9.59 Å². The number of carbonyl (C=O) groups excluding carboxylic acids is 2. The van der Waals surface area contributed by atoms with Crippen molar-refractivity contribution in [2.24, 2.45) is 5.73 Å². The van der Waals surface area contributed by atoms with E-state index in [1.165, 1.54) is 18.7 Å². The van der Waals surface area contributed by atoms with E-state index in [4.69, 9.17) is 10.8 Å². The summed E-state index contributed by atoms with van der Waals surface area (Å²) < 4.78 is 0. The third kappa shape index (κ3) is 2.88. The number of hydrogen-bond acceptors (Lipinski definition) is 3. The molecule has 18 heavy (non-hydrogen) atoms. The number of likely N-dealkylation sites (tertiary alicyclic amines) is 1. The van der Waals surface area contributed by atoms with Gasteiger partial charge in [0.2, 0.25) is 5.91 Å². The van der Waals surface area contributed by atoms with E-state index in [1.807, 2.05) is 0 Å². The van der Waals surface area contributed by atoms with E-state index in [0.717, 1.165) is 12.8 Å². The molecular weight excluding hydrogens is 236 g/mol. The highest BCUT2D eigenvalue weighted by Gasteiger charge is 2.31. The van der Waals surface area contributed by atoms with Gasteiger partial charge in [-0.2, -0.15) is 0 Å². The van der Waals surface area contributed by atoms with Crippen LogP contribution in [0.1, 0.15) is 33.1 Å². The molecule has 1 rings (SSSR count). The Morgan fingerprint density at radius 1 is 1.17 bits per heavy atom. The highest BCUT2D eigenvalue weighted by Crippen LogP contribution is 2.20. The molecule has 0 aliphatic carbocycles. The lowest BCUT2D eigenvalue weighted by atomic mass is 9.99. The molecule has 1 heterocycles. The number of aliphatic carboxylic acids is 1. The summed E-state index contributed by atoms with van der Waals surface area (Å²) in [6.07, 6.45) is 2.19. The van der Waals surface area contributed by atoms with Crippen molar-refractivity contribution in [3.05, 3.63) is 11.1 Å². The molecule has 3 N–H and O–H groups in total. The zero-order valence-corrected chi connectivity index (χ0v) is 10.6. The van der Waals surface area contributed by atoms with E-state index in [-0.39, 0.29) is 11.1 Å². The fourth-order valence-electron chi connectivity index (χ4n) is 2.01. The fourth-order valence-corrected chi connectivity index (χ4v) is 2.01. The van der Waals surface area contributed by atoms with Gasteiger partial charge in [-0.05, 0) is 33.1 Å². The lowest BCUT2D eigenvalue weighted by Crippen LogP contribution is -2.50. The Morgan fingerprint density at radius 2 is 1.78 bits per heavy atom. The minimum absolute atomic E-state index is 0.00575. The average molecular weight is 254 g/mol. The van der Waals surface area contributed by atoms with Gasteiger partial charge < -0.3 is 15.7 Å². The summed E-state index contributed by atoms with van der Waals surface area (Å²) in [6, 6.07) is -0.622. The van der Waals surface area contributed by atoms with Crippen LogP contribution < -0.4 is 5.73 Å². The maximum absolute atomic E-state index is 12.2. The number of hydrogen-bond donors (Lipinski definition) is 2. The Kier molecular flexibility index (Phi) is 4.47. The summed E-state index contributed by atoms with van der Waals surface area (Å²) >= 11 is 0. The van der Waals surface area contributed by atoms with Crippen molar-refractivity contribution in [1.82, 2.24) is 4.90 Å². The standard InChI is InChI=1S/C12H18N2O4/c1-7(8(2)12(17)18)11(16)14-6-4-3-5-9(14)10(13)15/h9H,3-6H2,1-2H3,(H2,13,15)(H,17,18). The molecule has 0 spiro atoms. The highest BCUT2D eigenvalue weighted by atomic mass is 16.4. The quantitative estimate of drug-likeness (QED) is 0.706. The minimum atomic E-state index is -1.13. The third-order valence-corrected chi connectivity index (χ3v) is 3.30. The summed E-state index contributed by atoms with van der Waals surface area (Å²) in [4.78, 5) is 35.7. The van der Waals surface area contributed by atoms with E-state index in [9.17, 15) is 14.4 Å². The van der Waals surface area contributed by atoms with Gasteiger partial charge in [-0.15, -0.1) is 0 Å². The maximum atomic E-state index is 12.2. The summed E-state index contributed by atoms with van der Waals surface area (Å²) in [5.41, 5.74) is 5.41. The van der Waals surface area contributed by atoms with Crippen molar-refractivity contribution in [3.63, 3.8) is 0 Å². The molecule has 6 heteroatoms. The van der Waals surface area contributed by atoms with Gasteiger partial charge in [0.1, 0.15) is 6.04 Å². The van der Waals surface area contributed by atoms with E-state index in [0.29, 0.717) is 13.0 Å². The van der Waals surface area contributed by atoms with Crippen molar-refractivity contribution >= 4 is 17.8 Å². The molecule has 0 aromatic carbocycles. The highest BCUT2D eigenvalue weighted by molar-refractivity contribution is 6.02. The predicted molar refractivity (Wildman–Crippen MR) is 64.6 cm³/mol. The first-order valence-electron chi connectivity index (χ1n) is 5.87. The Hall–Kier alpha value is -1.85. The van der Waals surface area contributed by atoms with E-state index in [2.05, 4.69) is 0 Å². The van der Waals surface area contributed by atoms with Gasteiger partial charge in [0.25, 0.3) is 5.91 Å². The normalized spacial score (nSPS) is 21.2. The molecular formula is C12H18N2O4. The van der Waals surface area contributed by atoms with Gasteiger partial charge in [-0.25, -0.2) is 4.79 Å². The second kappa shape index (κ2) is 5.66. The van der Waals surface area contributed by atoms with Crippen LogP contribution in [0, 0.1) is 0 Å². The average Bonchev–Trinajstić information content (AvgIpc) is 2.35. The van der Waals surface area contributed by atoms with Crippen molar-refractivity contribution in [1.29, 1.82) is 0 Å². The van der Waals surface area contributed by atoms with E-state index < -0.39 is 23.8 Å². The Morgan fingerprint density at radius 3 is 2.28 bits per heavy atom. The number of amides is 2. The lowest BCUT2D eigenvalue weighted by molar-refractivity contribution is -0.138. The molecule has 1 saturated heterocycles. The van der Waals surface area contributed by atoms with Crippen molar-refractivity contribution in [2.45, 2.75) is 39.2 Å². The number of nitrogens with two attached hydrogens (primary N) is 1. The Labute approximate surface area is 105 Å². The summed E-state index contributed by atoms with van der Waals surface area (Å²) in [5, 5.41) is 8.85. The summed E-state index contributed by atoms with van der Waals surface area (Å²) in [6.45, 7) is 3.27. The summed E-state index contributed by atoms with van der Waals surface area (Å²) in [7, 11) is 0. The number of nitrogens with zero attached hydrogens (tertiary/aromatic N) is 1. The first-order valence-corrected chi connectivity index (χ1v) is 5.87. The Bertz CT molecular complexity index is 414. The number of piperidine rings is 1. The van der Waals surface area contributed by atoms with Gasteiger partial charge in [0.05, 0.1) is 0 Å². The number of carboxylic acid groups (broad SMARTS) is 1. The van der Waals surface area contributed by atoms with Gasteiger partial charge >= 0.3 is 5.97 Å². The largest absolute Gasteiger partial charge is 0.478 e. The van der Waals surface area contributed by atoms with Crippen molar-refractivity contribution in [3.8, 4) is 0 Å². The SMILES string of the molecule is CC(C(=O)O)=C(C)C(=O)N1CCCCC1C(N)=O. The first-order chi connectivity index (χ1) is 8.36. The van der Waals surface area contributed by atoms with E-state index in [1.54, 1.807) is 0 Å². The second-order valence-electron chi connectivity index (χ2n) is 4.47. The molecule has 0 aromatic rings. The topological polar surface area (TPSA) is 101 Å². The molecule has 0 bridgehead atoms. The van der Waals surface area contributed by atoms with Crippen LogP contribution in [0.4, 0.5) is 0 Å². The van der Waals surface area contributed by atoms with E-state index >= 15 is 0 Å². The number of carboxylic acids is 1. The molecule has 6 nitrogen and oxygen atoms in total. The molecule has 2 amide bonds. The Balaban J connectivity index is 2.97. The molecule has 1 aliphatic heterocycles. The molecule has 1 atom stereocenters. The smallest absolute Gasteiger partial charge is 0.331 e. The van der Waals surface area contributed by atoms with Crippen LogP contribution in [0.5, 0.6) is 0 Å². The zero-order chi connectivity index (χ0) is 13.9. The number of carbonyl (C=O) groups is 3. The maximum Gasteiger partial charge on any atom is 0.331 e. The predicted octanol–water partition coefficient (Wildman–Crippen LogP) is 0.274. The number of rotatable bonds is 3. The van der Waals surface area contributed by atoms with Gasteiger partial charge in [-0.1, -0.05) is 0 Å². The van der Waals surface area contributed by atoms with Crippen molar-refractivity contribution in [2.75, 3.05) is 6.54 Å². The van der Waals surface area contributed by atoms with Crippen LogP contribution in [0.3, 0.4) is 0 Å². The van der Waals surface area contributed by atoms with Crippen LogP contribution in [-0.2, 0) is 14.4 Å². The van der Waals surface area contributed by atoms with Gasteiger partial charge in [0.15, 0.2) is 0 Å². The van der Waals surface area contributed by atoms with Crippen LogP contribution in [0.25, 0.3) is 0 Å². The van der Waals surface area contributed by atoms with Crippen LogP contribution in [-0.4, -0.2) is 40.4 Å². The zero-order valence-electron chi connectivity index (χ0n) is 10.6. The first kappa shape index (κ1) is 14.2. The molecule has 1 fully saturated rings. The molecule has 0 radical (unpaired) electrons.